The average Bonchev–Trinajstić information content (AvgIpc) is 2.75. The van der Waals surface area contributed by atoms with Crippen LogP contribution in [0.25, 0.3) is 0 Å². The predicted molar refractivity (Wildman–Crippen MR) is 59.5 cm³/mol. The fourth-order valence-corrected chi connectivity index (χ4v) is 2.53. The van der Waals surface area contributed by atoms with Crippen LogP contribution in [-0.4, -0.2) is 42.4 Å². The van der Waals surface area contributed by atoms with E-state index in [0.717, 1.165) is 19.3 Å². The Bertz CT molecular complexity index is 306. The lowest BCUT2D eigenvalue weighted by Gasteiger charge is -2.15. The Kier molecular flexibility index (Phi) is 3.14. The van der Waals surface area contributed by atoms with Gasteiger partial charge < -0.3 is 16.0 Å². The largest absolute Gasteiger partial charge is 0.351 e. The molecule has 3 N–H and O–H groups in total. The van der Waals surface area contributed by atoms with Gasteiger partial charge in [0.2, 0.25) is 11.8 Å². The number of likely N-dealkylation sites (N-methyl/N-ethyl adjacent to an activating group) is 1. The Morgan fingerprint density at radius 2 is 2.25 bits per heavy atom. The third-order valence-electron chi connectivity index (χ3n) is 3.53. The van der Waals surface area contributed by atoms with E-state index in [4.69, 9.17) is 5.73 Å². The number of hydrogen-bond acceptors (Lipinski definition) is 3. The quantitative estimate of drug-likeness (QED) is 0.663. The second-order valence-corrected chi connectivity index (χ2v) is 4.95. The summed E-state index contributed by atoms with van der Waals surface area (Å²) >= 11 is 0. The first-order chi connectivity index (χ1) is 7.56. The van der Waals surface area contributed by atoms with E-state index in [1.54, 1.807) is 11.9 Å². The van der Waals surface area contributed by atoms with E-state index in [2.05, 4.69) is 5.32 Å². The van der Waals surface area contributed by atoms with Crippen LogP contribution in [0.5, 0.6) is 0 Å². The number of nitrogens with zero attached hydrogens (tertiary/aromatic N) is 1. The normalized spacial score (nSPS) is 34.5. The van der Waals surface area contributed by atoms with E-state index >= 15 is 0 Å². The van der Waals surface area contributed by atoms with Crippen LogP contribution in [0, 0.1) is 5.92 Å². The summed E-state index contributed by atoms with van der Waals surface area (Å²) in [4.78, 5) is 24.8. The van der Waals surface area contributed by atoms with Crippen LogP contribution in [-0.2, 0) is 9.59 Å². The summed E-state index contributed by atoms with van der Waals surface area (Å²) < 4.78 is 0. The number of carbonyl (C=O) groups excluding carboxylic acids is 2. The molecule has 16 heavy (non-hydrogen) atoms. The number of carbonyl (C=O) groups is 2. The highest BCUT2D eigenvalue weighted by atomic mass is 16.2. The molecular formula is C11H19N3O2. The van der Waals surface area contributed by atoms with Crippen LogP contribution < -0.4 is 11.1 Å². The molecule has 1 saturated carbocycles. The minimum Gasteiger partial charge on any atom is -0.351 e. The number of nitrogens with one attached hydrogen (secondary N) is 1. The number of amides is 2. The molecule has 2 rings (SSSR count). The van der Waals surface area contributed by atoms with Gasteiger partial charge >= 0.3 is 0 Å². The van der Waals surface area contributed by atoms with Gasteiger partial charge in [0.15, 0.2) is 0 Å². The standard InChI is InChI=1S/C11H19N3O2/c1-14-6-9(5-10(14)15)13-11(16)7-2-3-8(12)4-7/h7-9H,2-6,12H2,1H3,(H,13,16). The fourth-order valence-electron chi connectivity index (χ4n) is 2.53. The molecule has 0 radical (unpaired) electrons. The Labute approximate surface area is 95.3 Å². The van der Waals surface area contributed by atoms with Crippen LogP contribution in [0.4, 0.5) is 0 Å². The summed E-state index contributed by atoms with van der Waals surface area (Å²) in [7, 11) is 1.76. The second-order valence-electron chi connectivity index (χ2n) is 4.95. The van der Waals surface area contributed by atoms with Gasteiger partial charge in [0.05, 0.1) is 6.04 Å². The van der Waals surface area contributed by atoms with E-state index in [9.17, 15) is 9.59 Å². The maximum Gasteiger partial charge on any atom is 0.224 e. The molecule has 1 aliphatic carbocycles. The molecule has 0 spiro atoms. The van der Waals surface area contributed by atoms with Gasteiger partial charge in [-0.2, -0.15) is 0 Å². The molecular weight excluding hydrogens is 206 g/mol. The van der Waals surface area contributed by atoms with E-state index in [0.29, 0.717) is 13.0 Å². The number of rotatable bonds is 2. The number of hydrogen-bond donors (Lipinski definition) is 2. The van der Waals surface area contributed by atoms with Crippen LogP contribution in [0.3, 0.4) is 0 Å². The highest BCUT2D eigenvalue weighted by molar-refractivity contribution is 5.83. The van der Waals surface area contributed by atoms with Crippen molar-refractivity contribution < 1.29 is 9.59 Å². The smallest absolute Gasteiger partial charge is 0.224 e. The molecule has 90 valence electrons. The van der Waals surface area contributed by atoms with Crippen molar-refractivity contribution >= 4 is 11.8 Å². The SMILES string of the molecule is CN1CC(NC(=O)C2CCC(N)C2)CC1=O. The van der Waals surface area contributed by atoms with Crippen molar-refractivity contribution in [3.8, 4) is 0 Å². The first-order valence-electron chi connectivity index (χ1n) is 5.86. The molecule has 2 aliphatic rings. The van der Waals surface area contributed by atoms with Crippen molar-refractivity contribution in [3.63, 3.8) is 0 Å². The zero-order valence-corrected chi connectivity index (χ0v) is 9.61. The lowest BCUT2D eigenvalue weighted by molar-refractivity contribution is -0.126. The lowest BCUT2D eigenvalue weighted by Crippen LogP contribution is -2.39. The van der Waals surface area contributed by atoms with E-state index in [1.807, 2.05) is 0 Å². The molecule has 1 aliphatic heterocycles. The summed E-state index contributed by atoms with van der Waals surface area (Å²) in [5, 5.41) is 2.95. The Balaban J connectivity index is 1.82. The van der Waals surface area contributed by atoms with Gasteiger partial charge in [-0.05, 0) is 19.3 Å². The Hall–Kier alpha value is -1.10. The zero-order valence-electron chi connectivity index (χ0n) is 9.61. The Morgan fingerprint density at radius 1 is 1.50 bits per heavy atom. The van der Waals surface area contributed by atoms with E-state index in [1.165, 1.54) is 0 Å². The molecule has 2 amide bonds. The maximum absolute atomic E-state index is 11.9. The van der Waals surface area contributed by atoms with Crippen LogP contribution in [0.1, 0.15) is 25.7 Å². The van der Waals surface area contributed by atoms with Crippen molar-refractivity contribution in [1.82, 2.24) is 10.2 Å². The van der Waals surface area contributed by atoms with Crippen LogP contribution >= 0.6 is 0 Å². The van der Waals surface area contributed by atoms with Crippen molar-refractivity contribution in [2.24, 2.45) is 11.7 Å². The summed E-state index contributed by atoms with van der Waals surface area (Å²) in [6.07, 6.45) is 3.02. The van der Waals surface area contributed by atoms with Gasteiger partial charge in [0, 0.05) is 32.0 Å². The van der Waals surface area contributed by atoms with Gasteiger partial charge in [-0.15, -0.1) is 0 Å². The second kappa shape index (κ2) is 4.41. The molecule has 3 atom stereocenters. The van der Waals surface area contributed by atoms with Gasteiger partial charge in [0.1, 0.15) is 0 Å². The van der Waals surface area contributed by atoms with Crippen LogP contribution in [0.2, 0.25) is 0 Å². The molecule has 0 aromatic heterocycles. The summed E-state index contributed by atoms with van der Waals surface area (Å²) in [6, 6.07) is 0.158. The molecule has 2 fully saturated rings. The highest BCUT2D eigenvalue weighted by Gasteiger charge is 2.32. The molecule has 1 saturated heterocycles. The molecule has 1 heterocycles. The lowest BCUT2D eigenvalue weighted by atomic mass is 10.1. The summed E-state index contributed by atoms with van der Waals surface area (Å²) in [5.74, 6) is 0.227. The van der Waals surface area contributed by atoms with Gasteiger partial charge in [-0.3, -0.25) is 9.59 Å². The van der Waals surface area contributed by atoms with E-state index in [-0.39, 0.29) is 29.8 Å². The first kappa shape index (κ1) is 11.4. The average molecular weight is 225 g/mol. The van der Waals surface area contributed by atoms with Gasteiger partial charge in [0.25, 0.3) is 0 Å². The predicted octanol–water partition coefficient (Wildman–Crippen LogP) is -0.539. The zero-order chi connectivity index (χ0) is 11.7. The van der Waals surface area contributed by atoms with Crippen molar-refractivity contribution in [3.05, 3.63) is 0 Å². The minimum absolute atomic E-state index is 0.0122. The number of likely N-dealkylation sites (tertiary alicyclic amines) is 1. The summed E-state index contributed by atoms with van der Waals surface area (Å²) in [6.45, 7) is 0.628. The van der Waals surface area contributed by atoms with Crippen molar-refractivity contribution in [2.45, 2.75) is 37.8 Å². The molecule has 3 unspecified atom stereocenters. The highest BCUT2D eigenvalue weighted by Crippen LogP contribution is 2.24. The molecule has 0 aromatic carbocycles. The third-order valence-corrected chi connectivity index (χ3v) is 3.53. The monoisotopic (exact) mass is 225 g/mol. The Morgan fingerprint density at radius 3 is 2.75 bits per heavy atom. The van der Waals surface area contributed by atoms with Gasteiger partial charge in [-0.1, -0.05) is 0 Å². The summed E-state index contributed by atoms with van der Waals surface area (Å²) in [5.41, 5.74) is 5.77. The maximum atomic E-state index is 11.9. The number of nitrogens with two attached hydrogens (primary N) is 1. The third kappa shape index (κ3) is 2.35. The fraction of sp³-hybridized carbons (Fsp3) is 0.818. The molecule has 5 heteroatoms. The molecule has 5 nitrogen and oxygen atoms in total. The van der Waals surface area contributed by atoms with Crippen molar-refractivity contribution in [2.75, 3.05) is 13.6 Å². The molecule has 0 bridgehead atoms. The molecule has 0 aromatic rings. The van der Waals surface area contributed by atoms with Crippen LogP contribution in [0.15, 0.2) is 0 Å². The first-order valence-corrected chi connectivity index (χ1v) is 5.86. The topological polar surface area (TPSA) is 75.4 Å². The van der Waals surface area contributed by atoms with E-state index < -0.39 is 0 Å². The minimum atomic E-state index is -0.0122. The van der Waals surface area contributed by atoms with Crippen molar-refractivity contribution in [1.29, 1.82) is 0 Å². The van der Waals surface area contributed by atoms with Gasteiger partial charge in [-0.25, -0.2) is 0 Å².